The zero-order chi connectivity index (χ0) is 23.2. The smallest absolute Gasteiger partial charge is 0.348 e. The van der Waals surface area contributed by atoms with Crippen LogP contribution in [0.1, 0.15) is 48.8 Å². The summed E-state index contributed by atoms with van der Waals surface area (Å²) >= 11 is 0. The maximum Gasteiger partial charge on any atom is 0.416 e. The van der Waals surface area contributed by atoms with Crippen LogP contribution in [0.15, 0.2) is 36.4 Å². The van der Waals surface area contributed by atoms with E-state index in [9.17, 15) is 26.4 Å². The second kappa shape index (κ2) is 7.81. The van der Waals surface area contributed by atoms with Crippen molar-refractivity contribution in [3.8, 4) is 0 Å². The average Bonchev–Trinajstić information content (AvgIpc) is 3.35. The highest BCUT2D eigenvalue weighted by Crippen LogP contribution is 2.54. The van der Waals surface area contributed by atoms with Crippen molar-refractivity contribution in [2.24, 2.45) is 5.92 Å². The van der Waals surface area contributed by atoms with Crippen LogP contribution in [0.3, 0.4) is 0 Å². The molecule has 2 N–H and O–H groups in total. The minimum absolute atomic E-state index is 0.201. The van der Waals surface area contributed by atoms with E-state index < -0.39 is 33.2 Å². The zero-order valence-corrected chi connectivity index (χ0v) is 18.4. The molecular weight excluding hydrogens is 431 g/mol. The van der Waals surface area contributed by atoms with Crippen molar-refractivity contribution >= 4 is 21.6 Å². The van der Waals surface area contributed by atoms with Crippen LogP contribution in [0.5, 0.6) is 0 Å². The third-order valence-corrected chi connectivity index (χ3v) is 6.22. The molecule has 1 heterocycles. The molecule has 1 aliphatic rings. The quantitative estimate of drug-likeness (QED) is 0.691. The molecule has 0 spiro atoms. The molecule has 0 bridgehead atoms. The Kier molecular flexibility index (Phi) is 5.81. The van der Waals surface area contributed by atoms with Gasteiger partial charge in [0.25, 0.3) is 0 Å². The minimum Gasteiger partial charge on any atom is -0.348 e. The maximum absolute atomic E-state index is 12.8. The Hall–Kier alpha value is -2.62. The van der Waals surface area contributed by atoms with E-state index >= 15 is 0 Å². The van der Waals surface area contributed by atoms with Crippen LogP contribution in [-0.4, -0.2) is 25.6 Å². The second-order valence-corrected chi connectivity index (χ2v) is 9.97. The number of aryl methyl sites for hydroxylation is 1. The fourth-order valence-corrected chi connectivity index (χ4v) is 4.24. The predicted octanol–water partition coefficient (Wildman–Crippen LogP) is 3.94. The van der Waals surface area contributed by atoms with E-state index in [2.05, 4.69) is 15.0 Å². The molecule has 1 aromatic carbocycles. The summed E-state index contributed by atoms with van der Waals surface area (Å²) in [5.41, 5.74) is 0.873. The van der Waals surface area contributed by atoms with E-state index in [1.807, 2.05) is 6.92 Å². The Balaban J connectivity index is 1.66. The van der Waals surface area contributed by atoms with Crippen LogP contribution in [0.4, 0.5) is 18.9 Å². The van der Waals surface area contributed by atoms with Gasteiger partial charge in [-0.05, 0) is 50.1 Å². The number of nitrogens with zero attached hydrogens (tertiary/aromatic N) is 1. The highest BCUT2D eigenvalue weighted by Gasteiger charge is 2.55. The molecule has 0 aliphatic heterocycles. The lowest BCUT2D eigenvalue weighted by Crippen LogP contribution is -2.31. The molecule has 6 nitrogen and oxygen atoms in total. The molecule has 31 heavy (non-hydrogen) atoms. The normalized spacial score (nSPS) is 22.0. The van der Waals surface area contributed by atoms with Gasteiger partial charge in [-0.3, -0.25) is 14.5 Å². The van der Waals surface area contributed by atoms with Gasteiger partial charge in [-0.25, -0.2) is 8.42 Å². The Morgan fingerprint density at radius 2 is 1.81 bits per heavy atom. The van der Waals surface area contributed by atoms with Gasteiger partial charge >= 0.3 is 6.18 Å². The summed E-state index contributed by atoms with van der Waals surface area (Å²) < 4.78 is 63.5. The number of rotatable bonds is 6. The summed E-state index contributed by atoms with van der Waals surface area (Å²) in [7, 11) is -3.43. The summed E-state index contributed by atoms with van der Waals surface area (Å²) in [6.07, 6.45) is -2.81. The number of amides is 1. The number of hydrogen-bond donors (Lipinski definition) is 2. The largest absolute Gasteiger partial charge is 0.416 e. The third kappa shape index (κ3) is 5.17. The Labute approximate surface area is 179 Å². The molecule has 10 heteroatoms. The number of sulfonamides is 1. The number of halogens is 3. The van der Waals surface area contributed by atoms with Gasteiger partial charge in [-0.2, -0.15) is 13.2 Å². The second-order valence-electron chi connectivity index (χ2n) is 8.22. The molecule has 0 saturated heterocycles. The van der Waals surface area contributed by atoms with Crippen LogP contribution >= 0.6 is 0 Å². The summed E-state index contributed by atoms with van der Waals surface area (Å²) in [5, 5.41) is 2.89. The number of anilines is 1. The van der Waals surface area contributed by atoms with Crippen LogP contribution in [0.2, 0.25) is 0 Å². The van der Waals surface area contributed by atoms with E-state index in [0.717, 1.165) is 18.4 Å². The topological polar surface area (TPSA) is 88.2 Å². The molecule has 1 saturated carbocycles. The number of carbonyl (C=O) groups is 1. The Bertz CT molecular complexity index is 1100. The van der Waals surface area contributed by atoms with Crippen molar-refractivity contribution in [3.05, 3.63) is 58.9 Å². The molecule has 2 aromatic rings. The lowest BCUT2D eigenvalue weighted by atomic mass is 9.94. The lowest BCUT2D eigenvalue weighted by Gasteiger charge is -2.17. The van der Waals surface area contributed by atoms with Crippen molar-refractivity contribution in [1.29, 1.82) is 0 Å². The number of alkyl halides is 3. The number of carbonyl (C=O) groups excluding carboxylic acids is 1. The average molecular weight is 456 g/mol. The summed E-state index contributed by atoms with van der Waals surface area (Å²) in [5.74, 6) is -0.549. The zero-order valence-electron chi connectivity index (χ0n) is 17.5. The van der Waals surface area contributed by atoms with Gasteiger partial charge in [-0.1, -0.05) is 19.1 Å². The minimum atomic E-state index is -4.40. The number of nitrogens with one attached hydrogen (secondary N) is 2. The maximum atomic E-state index is 12.8. The van der Waals surface area contributed by atoms with Crippen molar-refractivity contribution in [2.75, 3.05) is 11.0 Å². The first-order valence-electron chi connectivity index (χ1n) is 9.64. The van der Waals surface area contributed by atoms with E-state index in [4.69, 9.17) is 0 Å². The molecule has 1 aliphatic carbocycles. The Morgan fingerprint density at radius 3 is 2.32 bits per heavy atom. The summed E-state index contributed by atoms with van der Waals surface area (Å²) in [6, 6.07) is 7.73. The van der Waals surface area contributed by atoms with Crippen LogP contribution in [0, 0.1) is 12.8 Å². The van der Waals surface area contributed by atoms with E-state index in [1.54, 1.807) is 26.0 Å². The molecular formula is C21H24F3N3O3S. The first-order chi connectivity index (χ1) is 14.2. The third-order valence-electron chi connectivity index (χ3n) is 5.63. The standard InChI is InChI=1S/C21H24F3N3O3S/c1-12(17-9-10-18(13(2)25-17)27-31(4,29)30)26-19(28)16-11-20(16,3)14-5-7-15(8-6-14)21(22,23)24/h5-10,12,16,27H,11H2,1-4H3,(H,26,28)/t12?,16-,20+/m0/s1. The van der Waals surface area contributed by atoms with Crippen LogP contribution in [0.25, 0.3) is 0 Å². The molecule has 0 radical (unpaired) electrons. The SMILES string of the molecule is Cc1nc(C(C)NC(=O)[C@@H]2C[C@]2(C)c2ccc(C(F)(F)F)cc2)ccc1NS(C)(=O)=O. The molecule has 1 unspecified atom stereocenters. The highest BCUT2D eigenvalue weighted by molar-refractivity contribution is 7.92. The summed E-state index contributed by atoms with van der Waals surface area (Å²) in [6.45, 7) is 5.29. The van der Waals surface area contributed by atoms with Gasteiger partial charge < -0.3 is 5.32 Å². The van der Waals surface area contributed by atoms with Crippen molar-refractivity contribution in [2.45, 2.75) is 44.8 Å². The lowest BCUT2D eigenvalue weighted by molar-refractivity contribution is -0.137. The van der Waals surface area contributed by atoms with E-state index in [0.29, 0.717) is 29.1 Å². The van der Waals surface area contributed by atoms with Crippen molar-refractivity contribution in [1.82, 2.24) is 10.3 Å². The van der Waals surface area contributed by atoms with E-state index in [1.165, 1.54) is 12.1 Å². The first-order valence-corrected chi connectivity index (χ1v) is 11.5. The van der Waals surface area contributed by atoms with Crippen molar-refractivity contribution in [3.63, 3.8) is 0 Å². The Morgan fingerprint density at radius 1 is 1.19 bits per heavy atom. The molecule has 1 fully saturated rings. The molecule has 1 amide bonds. The molecule has 3 rings (SSSR count). The molecule has 3 atom stereocenters. The summed E-state index contributed by atoms with van der Waals surface area (Å²) in [4.78, 5) is 17.1. The van der Waals surface area contributed by atoms with Gasteiger partial charge in [-0.15, -0.1) is 0 Å². The van der Waals surface area contributed by atoms with Gasteiger partial charge in [0.2, 0.25) is 15.9 Å². The number of benzene rings is 1. The molecule has 1 aromatic heterocycles. The van der Waals surface area contributed by atoms with Crippen molar-refractivity contribution < 1.29 is 26.4 Å². The number of pyridine rings is 1. The fraction of sp³-hybridized carbons (Fsp3) is 0.429. The predicted molar refractivity (Wildman–Crippen MR) is 111 cm³/mol. The first kappa shape index (κ1) is 23.1. The number of aromatic nitrogens is 1. The fourth-order valence-electron chi connectivity index (χ4n) is 3.62. The van der Waals surface area contributed by atoms with Gasteiger partial charge in [0, 0.05) is 11.3 Å². The monoisotopic (exact) mass is 455 g/mol. The van der Waals surface area contributed by atoms with E-state index in [-0.39, 0.29) is 11.8 Å². The number of hydrogen-bond acceptors (Lipinski definition) is 4. The van der Waals surface area contributed by atoms with Crippen LogP contribution in [-0.2, 0) is 26.4 Å². The van der Waals surface area contributed by atoms with Gasteiger partial charge in [0.05, 0.1) is 34.9 Å². The molecule has 168 valence electrons. The van der Waals surface area contributed by atoms with Gasteiger partial charge in [0.1, 0.15) is 0 Å². The van der Waals surface area contributed by atoms with Crippen LogP contribution < -0.4 is 10.0 Å². The van der Waals surface area contributed by atoms with Gasteiger partial charge in [0.15, 0.2) is 0 Å². The highest BCUT2D eigenvalue weighted by atomic mass is 32.2.